The lowest BCUT2D eigenvalue weighted by Crippen LogP contribution is -2.25. The fraction of sp³-hybridized carbons (Fsp3) is 0.365. The van der Waals surface area contributed by atoms with Crippen molar-refractivity contribution in [1.82, 2.24) is 20.4 Å². The quantitative estimate of drug-likeness (QED) is 0.0357. The molecule has 6 aromatic rings. The van der Waals surface area contributed by atoms with Gasteiger partial charge in [-0.3, -0.25) is 14.4 Å². The Balaban J connectivity index is 0.000000282. The second-order valence-corrected chi connectivity index (χ2v) is 17.4. The van der Waals surface area contributed by atoms with E-state index >= 15 is 0 Å². The van der Waals surface area contributed by atoms with Crippen LogP contribution in [0.5, 0.6) is 11.5 Å². The zero-order valence-corrected chi connectivity index (χ0v) is 42.2. The number of aliphatic hydroxyl groups is 1. The second kappa shape index (κ2) is 27.5. The number of nitrogens with zero attached hydrogens (tertiary/aromatic N) is 6. The molecule has 15 nitrogen and oxygen atoms in total. The summed E-state index contributed by atoms with van der Waals surface area (Å²) in [6, 6.07) is 20.3. The third kappa shape index (κ3) is 16.0. The Labute approximate surface area is 422 Å². The lowest BCUT2D eigenvalue weighted by Gasteiger charge is -2.22. The number of aromatic nitrogens is 4. The molecule has 0 aliphatic heterocycles. The molecule has 0 unspecified atom stereocenters. The summed E-state index contributed by atoms with van der Waals surface area (Å²) in [4.78, 5) is 40.6. The van der Waals surface area contributed by atoms with Crippen LogP contribution in [0.2, 0.25) is 10.0 Å². The summed E-state index contributed by atoms with van der Waals surface area (Å²) in [5.41, 5.74) is 5.49. The first-order valence-electron chi connectivity index (χ1n) is 22.6. The predicted octanol–water partition coefficient (Wildman–Crippen LogP) is 13.2. The molecule has 368 valence electrons. The zero-order valence-electron chi connectivity index (χ0n) is 40.0. The van der Waals surface area contributed by atoms with E-state index in [4.69, 9.17) is 66.3 Å². The highest BCUT2D eigenvalue weighted by Gasteiger charge is 2.30. The first-order valence-corrected chi connectivity index (χ1v) is 23.7. The summed E-state index contributed by atoms with van der Waals surface area (Å²) < 4.78 is 22.8. The minimum atomic E-state index is -0.725. The van der Waals surface area contributed by atoms with Gasteiger partial charge < -0.3 is 28.5 Å². The topological polar surface area (TPSA) is 197 Å². The summed E-state index contributed by atoms with van der Waals surface area (Å²) in [7, 11) is 0. The van der Waals surface area contributed by atoms with Crippen LogP contribution in [0.25, 0.3) is 32.6 Å². The molecule has 2 N–H and O–H groups in total. The maximum absolute atomic E-state index is 12.2. The van der Waals surface area contributed by atoms with Crippen LogP contribution in [0, 0.1) is 27.0 Å². The maximum atomic E-state index is 12.2. The first-order chi connectivity index (χ1) is 33.4. The van der Waals surface area contributed by atoms with E-state index in [0.717, 1.165) is 28.7 Å². The summed E-state index contributed by atoms with van der Waals surface area (Å²) in [6.45, 7) is 27.3. The largest absolute Gasteiger partial charge is 0.508 e. The van der Waals surface area contributed by atoms with Crippen molar-refractivity contribution >= 4 is 63.4 Å². The van der Waals surface area contributed by atoms with Crippen molar-refractivity contribution in [3.05, 3.63) is 140 Å². The Morgan fingerprint density at radius 2 is 1.10 bits per heavy atom. The molecule has 0 amide bonds. The number of aromatic hydroxyl groups is 1. The Kier molecular flexibility index (Phi) is 22.0. The number of phenolic OH excluding ortho intramolecular Hbond substituents is 1. The molecule has 4 aromatic carbocycles. The van der Waals surface area contributed by atoms with Gasteiger partial charge in [0.1, 0.15) is 17.6 Å². The number of hydrogen-bond donors (Lipinski definition) is 2. The molecule has 0 radical (unpaired) electrons. The van der Waals surface area contributed by atoms with Crippen LogP contribution in [0.3, 0.4) is 0 Å². The lowest BCUT2D eigenvalue weighted by atomic mass is 9.92. The van der Waals surface area contributed by atoms with Crippen molar-refractivity contribution in [1.29, 1.82) is 0 Å². The maximum Gasteiger partial charge on any atom is 0.311 e. The number of aliphatic hydroxyl groups excluding tert-OH is 1. The molecule has 0 bridgehead atoms. The Morgan fingerprint density at radius 1 is 0.657 bits per heavy atom. The third-order valence-electron chi connectivity index (χ3n) is 10.9. The minimum Gasteiger partial charge on any atom is -0.508 e. The molecule has 0 saturated heterocycles. The number of carbonyl (C=O) groups is 3. The standard InChI is InChI=1S/C28H30ClN3O5.C20H18ClN3O3.C4H7ClO/c1-6-8-24(33)35-18(4)22(16-20-12-15-23(30-5)26(29)17(20)3)28-32-31-27(37-28)19-10-13-21(14-11-19)36-25(34)9-7-2;1-11-14(6-9-17(22-3)18(11)21)10-16(12(2)25)20-24-23-19(27-20)13-4-7-15(26)8-5-13;1-2-3-4(5)6/h10-15,18,22H,6-9,16H2,1-4H3;4-9,12,16,25-26H,10H2,1-2H3;2-3H2,1H3/t18-,22+;12-,16+;/m00./s1. The molecule has 2 heterocycles. The number of hydrogen-bond acceptors (Lipinski definition) is 13. The third-order valence-corrected chi connectivity index (χ3v) is 12.0. The normalized spacial score (nSPS) is 12.4. The zero-order chi connectivity index (χ0) is 51.5. The van der Waals surface area contributed by atoms with Crippen LogP contribution < -0.4 is 4.74 Å². The van der Waals surface area contributed by atoms with E-state index in [2.05, 4.69) is 30.1 Å². The molecule has 0 aliphatic rings. The van der Waals surface area contributed by atoms with Crippen molar-refractivity contribution in [3.8, 4) is 34.4 Å². The number of benzene rings is 4. The van der Waals surface area contributed by atoms with Gasteiger partial charge in [0.25, 0.3) is 0 Å². The summed E-state index contributed by atoms with van der Waals surface area (Å²) in [5, 5.41) is 36.9. The van der Waals surface area contributed by atoms with Gasteiger partial charge in [0.15, 0.2) is 0 Å². The molecule has 2 aromatic heterocycles. The lowest BCUT2D eigenvalue weighted by molar-refractivity contribution is -0.149. The molecule has 0 spiro atoms. The smallest absolute Gasteiger partial charge is 0.311 e. The molecule has 0 aliphatic carbocycles. The second-order valence-electron chi connectivity index (χ2n) is 16.2. The van der Waals surface area contributed by atoms with Crippen LogP contribution in [0.1, 0.15) is 119 Å². The average molecular weight is 1010 g/mol. The van der Waals surface area contributed by atoms with Crippen LogP contribution >= 0.6 is 34.8 Å². The predicted molar refractivity (Wildman–Crippen MR) is 267 cm³/mol. The van der Waals surface area contributed by atoms with E-state index in [1.165, 1.54) is 12.1 Å². The molecular weight excluding hydrogens is 959 g/mol. The van der Waals surface area contributed by atoms with Crippen LogP contribution in [-0.2, 0) is 32.0 Å². The van der Waals surface area contributed by atoms with Gasteiger partial charge in [0.05, 0.1) is 41.1 Å². The highest BCUT2D eigenvalue weighted by Crippen LogP contribution is 2.37. The van der Waals surface area contributed by atoms with E-state index in [9.17, 15) is 24.6 Å². The van der Waals surface area contributed by atoms with Gasteiger partial charge in [-0.25, -0.2) is 9.69 Å². The van der Waals surface area contributed by atoms with Crippen LogP contribution in [0.15, 0.2) is 81.6 Å². The van der Waals surface area contributed by atoms with Crippen molar-refractivity contribution in [2.75, 3.05) is 0 Å². The van der Waals surface area contributed by atoms with E-state index in [1.807, 2.05) is 46.8 Å². The van der Waals surface area contributed by atoms with Gasteiger partial charge in [0, 0.05) is 30.4 Å². The number of ether oxygens (including phenoxy) is 2. The van der Waals surface area contributed by atoms with Gasteiger partial charge in [-0.05, 0) is 142 Å². The highest BCUT2D eigenvalue weighted by atomic mass is 35.5. The SMILES string of the molecule is CCCC(=O)Cl.[C-]#[N+]c1ccc(C[C@@H](c2nnc(-c3ccc(O)cc3)o2)[C@H](C)O)c(C)c1Cl.[C-]#[N+]c1ccc(C[C@@H](c2nnc(-c3ccc(OC(=O)CCC)cc3)o2)[C@H](C)OC(=O)CCC)c(C)c1Cl. The number of esters is 2. The monoisotopic (exact) mass is 1010 g/mol. The molecule has 18 heteroatoms. The molecule has 6 rings (SSSR count). The fourth-order valence-corrected chi connectivity index (χ4v) is 7.48. The molecule has 4 atom stereocenters. The fourth-order valence-electron chi connectivity index (χ4n) is 6.84. The molecule has 0 saturated carbocycles. The highest BCUT2D eigenvalue weighted by molar-refractivity contribution is 6.63. The van der Waals surface area contributed by atoms with Crippen molar-refractivity contribution < 1.29 is 42.9 Å². The van der Waals surface area contributed by atoms with Crippen LogP contribution in [0.4, 0.5) is 11.4 Å². The Bertz CT molecular complexity index is 2780. The van der Waals surface area contributed by atoms with Gasteiger partial charge in [0.2, 0.25) is 40.2 Å². The summed E-state index contributed by atoms with van der Waals surface area (Å²) in [6.07, 6.45) is 2.99. The number of halogens is 3. The van der Waals surface area contributed by atoms with Gasteiger partial charge in [-0.15, -0.1) is 20.4 Å². The molecule has 0 fully saturated rings. The summed E-state index contributed by atoms with van der Waals surface area (Å²) in [5.74, 6) is 0.373. The minimum absolute atomic E-state index is 0.149. The van der Waals surface area contributed by atoms with E-state index < -0.39 is 24.0 Å². The van der Waals surface area contributed by atoms with E-state index in [-0.39, 0.29) is 28.8 Å². The summed E-state index contributed by atoms with van der Waals surface area (Å²) >= 11 is 17.6. The number of rotatable bonds is 18. The van der Waals surface area contributed by atoms with E-state index in [1.54, 1.807) is 62.4 Å². The van der Waals surface area contributed by atoms with Crippen molar-refractivity contribution in [3.63, 3.8) is 0 Å². The number of phenols is 1. The average Bonchev–Trinajstić information content (AvgIpc) is 4.02. The van der Waals surface area contributed by atoms with Crippen molar-refractivity contribution in [2.24, 2.45) is 0 Å². The Morgan fingerprint density at radius 3 is 1.53 bits per heavy atom. The van der Waals surface area contributed by atoms with Gasteiger partial charge >= 0.3 is 11.9 Å². The Hall–Kier alpha value is -6.62. The molecule has 70 heavy (non-hydrogen) atoms. The van der Waals surface area contributed by atoms with Crippen molar-refractivity contribution in [2.45, 2.75) is 124 Å². The van der Waals surface area contributed by atoms with Crippen LogP contribution in [-0.4, -0.2) is 60.0 Å². The number of carbonyl (C=O) groups excluding carboxylic acids is 3. The van der Waals surface area contributed by atoms with Gasteiger partial charge in [-0.1, -0.05) is 68.2 Å². The van der Waals surface area contributed by atoms with Gasteiger partial charge in [-0.2, -0.15) is 0 Å². The molecular formula is C52H55Cl3N6O9. The van der Waals surface area contributed by atoms with E-state index in [0.29, 0.717) is 101 Å². The first kappa shape index (κ1) is 56.0.